The molecule has 14 heteroatoms. The number of fused-ring (bicyclic) bond motifs is 3. The number of carbonyl (C=O) groups excluding carboxylic acids is 1. The van der Waals surface area contributed by atoms with Gasteiger partial charge in [0.15, 0.2) is 0 Å². The average molecular weight is 639 g/mol. The number of nitrogens with one attached hydrogen (secondary N) is 1. The van der Waals surface area contributed by atoms with Gasteiger partial charge in [-0.1, -0.05) is 0 Å². The zero-order valence-electron chi connectivity index (χ0n) is 25.3. The quantitative estimate of drug-likeness (QED) is 0.326. The first-order chi connectivity index (χ1) is 21.7. The van der Waals surface area contributed by atoms with Crippen LogP contribution in [0.2, 0.25) is 0 Å². The molecule has 12 nitrogen and oxygen atoms in total. The molecule has 3 atom stereocenters. The third-order valence-electron chi connectivity index (χ3n) is 10.7. The number of amides is 1. The van der Waals surface area contributed by atoms with Gasteiger partial charge >= 0.3 is 6.01 Å². The van der Waals surface area contributed by atoms with Gasteiger partial charge in [-0.05, 0) is 57.1 Å². The molecule has 7 heterocycles. The second-order valence-electron chi connectivity index (χ2n) is 13.6. The van der Waals surface area contributed by atoms with E-state index in [1.165, 1.54) is 4.88 Å². The molecule has 6 aliphatic rings. The smallest absolute Gasteiger partial charge is 0.320 e. The number of nitrogen functional groups attached to an aromatic ring is 1. The van der Waals surface area contributed by atoms with E-state index in [4.69, 9.17) is 30.3 Å². The van der Waals surface area contributed by atoms with Crippen LogP contribution in [-0.2, 0) is 21.4 Å². The lowest BCUT2D eigenvalue weighted by Crippen LogP contribution is -2.68. The monoisotopic (exact) mass is 638 g/mol. The van der Waals surface area contributed by atoms with Crippen molar-refractivity contribution in [2.24, 2.45) is 0 Å². The molecule has 4 N–H and O–H groups in total. The van der Waals surface area contributed by atoms with E-state index < -0.39 is 6.17 Å². The molecule has 1 unspecified atom stereocenters. The molecule has 45 heavy (non-hydrogen) atoms. The van der Waals surface area contributed by atoms with Crippen molar-refractivity contribution in [1.29, 1.82) is 5.26 Å². The number of hydrogen-bond donors (Lipinski definition) is 3. The number of carbonyl (C=O) groups is 2. The van der Waals surface area contributed by atoms with Crippen LogP contribution in [0.4, 0.5) is 21.0 Å². The summed E-state index contributed by atoms with van der Waals surface area (Å²) >= 11 is 1.57. The first-order valence-corrected chi connectivity index (χ1v) is 16.6. The van der Waals surface area contributed by atoms with Gasteiger partial charge in [0.1, 0.15) is 35.5 Å². The van der Waals surface area contributed by atoms with Gasteiger partial charge in [0.25, 0.3) is 6.47 Å². The number of halogens is 1. The van der Waals surface area contributed by atoms with Gasteiger partial charge < -0.3 is 30.7 Å². The Morgan fingerprint density at radius 3 is 2.64 bits per heavy atom. The van der Waals surface area contributed by atoms with E-state index in [1.807, 2.05) is 6.07 Å². The fourth-order valence-electron chi connectivity index (χ4n) is 8.82. The van der Waals surface area contributed by atoms with Crippen molar-refractivity contribution in [3.63, 3.8) is 0 Å². The van der Waals surface area contributed by atoms with Crippen molar-refractivity contribution in [2.75, 3.05) is 61.4 Å². The van der Waals surface area contributed by atoms with Crippen LogP contribution in [0.1, 0.15) is 67.4 Å². The number of nitrogens with two attached hydrogens (primary N) is 1. The van der Waals surface area contributed by atoms with Crippen LogP contribution < -0.4 is 25.6 Å². The van der Waals surface area contributed by atoms with E-state index in [1.54, 1.807) is 11.3 Å². The van der Waals surface area contributed by atoms with Crippen LogP contribution in [0.5, 0.6) is 6.01 Å². The first-order valence-electron chi connectivity index (χ1n) is 15.8. The highest BCUT2D eigenvalue weighted by atomic mass is 32.1. The Morgan fingerprint density at radius 1 is 1.18 bits per heavy atom. The van der Waals surface area contributed by atoms with Crippen molar-refractivity contribution >= 4 is 40.4 Å². The summed E-state index contributed by atoms with van der Waals surface area (Å²) < 4.78 is 20.8. The first kappa shape index (κ1) is 30.0. The number of β-lactam (4-membered cyclic amide) rings is 1. The van der Waals surface area contributed by atoms with E-state index in [9.17, 15) is 14.4 Å². The van der Waals surface area contributed by atoms with E-state index in [-0.39, 0.29) is 28.9 Å². The number of aryl methyl sites for hydroxylation is 1. The zero-order valence-corrected chi connectivity index (χ0v) is 26.1. The van der Waals surface area contributed by atoms with Crippen molar-refractivity contribution in [3.05, 3.63) is 22.1 Å². The maximum atomic E-state index is 14.4. The number of rotatable bonds is 5. The van der Waals surface area contributed by atoms with Crippen LogP contribution in [0, 0.1) is 11.3 Å². The topological polar surface area (TPSA) is 161 Å². The number of ether oxygens (including phenoxy) is 1. The molecule has 5 fully saturated rings. The third-order valence-corrected chi connectivity index (χ3v) is 11.8. The minimum Gasteiger partial charge on any atom is -0.483 e. The van der Waals surface area contributed by atoms with Crippen LogP contribution in [0.15, 0.2) is 6.07 Å². The predicted molar refractivity (Wildman–Crippen MR) is 166 cm³/mol. The van der Waals surface area contributed by atoms with E-state index in [0.29, 0.717) is 49.1 Å². The van der Waals surface area contributed by atoms with Gasteiger partial charge in [-0.15, -0.1) is 11.3 Å². The Morgan fingerprint density at radius 2 is 1.91 bits per heavy atom. The van der Waals surface area contributed by atoms with Crippen LogP contribution in [0.3, 0.4) is 0 Å². The highest BCUT2D eigenvalue weighted by molar-refractivity contribution is 7.16. The molecule has 0 aromatic carbocycles. The zero-order chi connectivity index (χ0) is 31.4. The Hall–Kier alpha value is -3.70. The number of nitriles is 1. The van der Waals surface area contributed by atoms with Gasteiger partial charge in [0.2, 0.25) is 5.91 Å². The lowest BCUT2D eigenvalue weighted by atomic mass is 9.66. The number of piperidine rings is 1. The van der Waals surface area contributed by atoms with Crippen molar-refractivity contribution in [2.45, 2.75) is 80.5 Å². The highest BCUT2D eigenvalue weighted by Gasteiger charge is 2.52. The summed E-state index contributed by atoms with van der Waals surface area (Å²) in [4.78, 5) is 38.0. The van der Waals surface area contributed by atoms with Gasteiger partial charge in [-0.2, -0.15) is 15.2 Å². The van der Waals surface area contributed by atoms with E-state index in [0.717, 1.165) is 88.3 Å². The molecule has 2 aromatic heterocycles. The van der Waals surface area contributed by atoms with Gasteiger partial charge in [-0.25, -0.2) is 4.39 Å². The summed E-state index contributed by atoms with van der Waals surface area (Å²) in [6.45, 7) is 4.61. The van der Waals surface area contributed by atoms with Crippen molar-refractivity contribution in [1.82, 2.24) is 20.2 Å². The summed E-state index contributed by atoms with van der Waals surface area (Å²) in [6.07, 6.45) is 7.25. The SMILES string of the molecule is N#Cc1c(N)sc2c1C1(CCC2)CN(c2cc(N3CCCC4(CC(=O)N4)C3)nc(OC[C@@]34CCCN3C[C@H](F)C4)n2)C1.O=CO. The lowest BCUT2D eigenvalue weighted by molar-refractivity contribution is -0.133. The summed E-state index contributed by atoms with van der Waals surface area (Å²) in [6, 6.07) is 4.75. The summed E-state index contributed by atoms with van der Waals surface area (Å²) in [5, 5.41) is 20.6. The largest absolute Gasteiger partial charge is 0.483 e. The van der Waals surface area contributed by atoms with Gasteiger partial charge in [0, 0.05) is 55.5 Å². The molecule has 5 aliphatic heterocycles. The predicted octanol–water partition coefficient (Wildman–Crippen LogP) is 2.60. The number of nitrogens with zero attached hydrogens (tertiary/aromatic N) is 6. The Kier molecular flexibility index (Phi) is 7.51. The minimum absolute atomic E-state index is 0.0897. The Bertz CT molecular complexity index is 1530. The fraction of sp³-hybridized carbons (Fsp3) is 0.645. The molecule has 1 amide bonds. The molecule has 240 valence electrons. The van der Waals surface area contributed by atoms with E-state index >= 15 is 0 Å². The maximum absolute atomic E-state index is 14.4. The molecule has 5 saturated heterocycles. The van der Waals surface area contributed by atoms with Gasteiger partial charge in [-0.3, -0.25) is 14.5 Å². The second kappa shape index (κ2) is 11.3. The summed E-state index contributed by atoms with van der Waals surface area (Å²) in [5.41, 5.74) is 7.52. The number of hydrogen-bond acceptors (Lipinski definition) is 11. The minimum atomic E-state index is -0.818. The van der Waals surface area contributed by atoms with Crippen LogP contribution in [0.25, 0.3) is 0 Å². The average Bonchev–Trinajstić information content (AvgIpc) is 3.63. The number of alkyl halides is 1. The van der Waals surface area contributed by atoms with Crippen LogP contribution in [-0.4, -0.2) is 95.5 Å². The lowest BCUT2D eigenvalue weighted by Gasteiger charge is -2.53. The molecule has 0 bridgehead atoms. The molecule has 1 aliphatic carbocycles. The van der Waals surface area contributed by atoms with Crippen molar-refractivity contribution < 1.29 is 23.8 Å². The summed E-state index contributed by atoms with van der Waals surface area (Å²) in [5.74, 6) is 1.71. The standard InChI is InChI=1S/C30H37FN8O2S.CH2O2/c31-19-11-30(7-3-9-39(30)14-19)18-41-27-34-22(37-8-2-6-29(17-37)12-24(40)36-29)10-23(35-27)38-15-28(16-38)5-1-4-21-25(28)20(13-32)26(33)42-21;2-1-3/h10,19H,1-9,11-12,14-18,33H2,(H,36,40);1H,(H,2,3)/t19-,29?,30+;/m1./s1. The third kappa shape index (κ3) is 5.13. The molecule has 2 aromatic rings. The Balaban J connectivity index is 0.00000104. The Labute approximate surface area is 265 Å². The second-order valence-corrected chi connectivity index (χ2v) is 14.7. The molecule has 2 spiro atoms. The van der Waals surface area contributed by atoms with Crippen molar-refractivity contribution in [3.8, 4) is 12.1 Å². The fourth-order valence-corrected chi connectivity index (χ4v) is 10.00. The van der Waals surface area contributed by atoms with Gasteiger partial charge in [0.05, 0.1) is 23.1 Å². The molecule has 8 rings (SSSR count). The number of thiophene rings is 1. The maximum Gasteiger partial charge on any atom is 0.320 e. The summed E-state index contributed by atoms with van der Waals surface area (Å²) in [7, 11) is 0. The number of anilines is 3. The number of carboxylic acid groups (broad SMARTS) is 1. The molecule has 0 saturated carbocycles. The van der Waals surface area contributed by atoms with E-state index in [2.05, 4.69) is 26.1 Å². The molecular weight excluding hydrogens is 599 g/mol. The normalized spacial score (nSPS) is 29.5. The molecular formula is C31H39FN8O4S. The van der Waals surface area contributed by atoms with Crippen LogP contribution >= 0.6 is 11.3 Å². The number of aromatic nitrogens is 2. The molecule has 0 radical (unpaired) electrons. The highest BCUT2D eigenvalue weighted by Crippen LogP contribution is 2.51.